The zero-order valence-electron chi connectivity index (χ0n) is 10.9. The molecule has 1 rings (SSSR count). The number of aromatic nitrogens is 3. The lowest BCUT2D eigenvalue weighted by molar-refractivity contribution is 0.490. The summed E-state index contributed by atoms with van der Waals surface area (Å²) < 4.78 is 1.76. The van der Waals surface area contributed by atoms with Crippen LogP contribution in [0.4, 0.5) is 11.9 Å². The van der Waals surface area contributed by atoms with Crippen LogP contribution in [-0.4, -0.2) is 20.3 Å². The molecule has 1 heterocycles. The summed E-state index contributed by atoms with van der Waals surface area (Å²) in [6.45, 7) is 11.4. The van der Waals surface area contributed by atoms with Gasteiger partial charge in [0.15, 0.2) is 0 Å². The van der Waals surface area contributed by atoms with Crippen molar-refractivity contribution in [3.05, 3.63) is 0 Å². The summed E-state index contributed by atoms with van der Waals surface area (Å²) in [6.07, 6.45) is 1.06. The minimum absolute atomic E-state index is 0.0450. The van der Waals surface area contributed by atoms with E-state index >= 15 is 0 Å². The second-order valence-corrected chi connectivity index (χ2v) is 5.57. The molecule has 0 atom stereocenters. The van der Waals surface area contributed by atoms with Crippen LogP contribution in [0.3, 0.4) is 0 Å². The molecule has 1 aromatic rings. The van der Waals surface area contributed by atoms with Crippen molar-refractivity contribution in [3.63, 3.8) is 0 Å². The van der Waals surface area contributed by atoms with Crippen LogP contribution >= 0.6 is 0 Å². The van der Waals surface area contributed by atoms with Gasteiger partial charge in [-0.25, -0.2) is 4.68 Å². The summed E-state index contributed by atoms with van der Waals surface area (Å²) >= 11 is 0. The van der Waals surface area contributed by atoms with Crippen LogP contribution in [0.1, 0.15) is 41.0 Å². The Labute approximate surface area is 97.4 Å². The second kappa shape index (κ2) is 4.72. The van der Waals surface area contributed by atoms with E-state index in [0.29, 0.717) is 17.8 Å². The SMILES string of the molecule is CC(C)CCn1nc(NC(C)(C)C)nc1N. The molecule has 0 aliphatic rings. The number of anilines is 2. The van der Waals surface area contributed by atoms with E-state index in [4.69, 9.17) is 5.73 Å². The van der Waals surface area contributed by atoms with Gasteiger partial charge in [0.05, 0.1) is 0 Å². The molecular weight excluding hydrogens is 202 g/mol. The summed E-state index contributed by atoms with van der Waals surface area (Å²) in [4.78, 5) is 4.19. The highest BCUT2D eigenvalue weighted by Crippen LogP contribution is 2.13. The number of nitrogens with one attached hydrogen (secondary N) is 1. The lowest BCUT2D eigenvalue weighted by atomic mass is 10.1. The topological polar surface area (TPSA) is 68.8 Å². The smallest absolute Gasteiger partial charge is 0.244 e. The summed E-state index contributed by atoms with van der Waals surface area (Å²) in [5.74, 6) is 1.73. The van der Waals surface area contributed by atoms with Crippen LogP contribution < -0.4 is 11.1 Å². The van der Waals surface area contributed by atoms with Crippen LogP contribution in [0.15, 0.2) is 0 Å². The lowest BCUT2D eigenvalue weighted by Gasteiger charge is -2.18. The van der Waals surface area contributed by atoms with E-state index in [9.17, 15) is 0 Å². The predicted molar refractivity (Wildman–Crippen MR) is 67.3 cm³/mol. The third-order valence-electron chi connectivity index (χ3n) is 2.11. The van der Waals surface area contributed by atoms with E-state index in [2.05, 4.69) is 50.0 Å². The minimum atomic E-state index is -0.0450. The first-order valence-electron chi connectivity index (χ1n) is 5.76. The van der Waals surface area contributed by atoms with Gasteiger partial charge in [-0.2, -0.15) is 4.98 Å². The molecule has 0 aromatic carbocycles. The number of rotatable bonds is 4. The highest BCUT2D eigenvalue weighted by Gasteiger charge is 2.14. The molecule has 0 fully saturated rings. The lowest BCUT2D eigenvalue weighted by Crippen LogP contribution is -2.26. The normalized spacial score (nSPS) is 12.1. The average molecular weight is 225 g/mol. The van der Waals surface area contributed by atoms with Gasteiger partial charge in [0.25, 0.3) is 0 Å². The Balaban J connectivity index is 2.66. The Hall–Kier alpha value is -1.26. The summed E-state index contributed by atoms with van der Waals surface area (Å²) in [6, 6.07) is 0. The summed E-state index contributed by atoms with van der Waals surface area (Å²) in [5.41, 5.74) is 5.75. The van der Waals surface area contributed by atoms with Crippen LogP contribution in [0.2, 0.25) is 0 Å². The molecule has 0 aliphatic carbocycles. The molecule has 3 N–H and O–H groups in total. The largest absolute Gasteiger partial charge is 0.368 e. The van der Waals surface area contributed by atoms with Crippen molar-refractivity contribution in [2.24, 2.45) is 5.92 Å². The van der Waals surface area contributed by atoms with Crippen LogP contribution in [0.25, 0.3) is 0 Å². The number of hydrogen-bond acceptors (Lipinski definition) is 4. The Kier molecular flexibility index (Phi) is 3.78. The van der Waals surface area contributed by atoms with Crippen molar-refractivity contribution in [1.29, 1.82) is 0 Å². The molecule has 0 aliphatic heterocycles. The maximum absolute atomic E-state index is 5.80. The van der Waals surface area contributed by atoms with Crippen molar-refractivity contribution in [1.82, 2.24) is 14.8 Å². The van der Waals surface area contributed by atoms with E-state index < -0.39 is 0 Å². The van der Waals surface area contributed by atoms with E-state index in [0.717, 1.165) is 13.0 Å². The zero-order valence-corrected chi connectivity index (χ0v) is 10.9. The van der Waals surface area contributed by atoms with Crippen molar-refractivity contribution >= 4 is 11.9 Å². The molecule has 0 spiro atoms. The number of aryl methyl sites for hydroxylation is 1. The summed E-state index contributed by atoms with van der Waals surface area (Å²) in [7, 11) is 0. The van der Waals surface area contributed by atoms with Crippen molar-refractivity contribution in [3.8, 4) is 0 Å². The molecule has 0 bridgehead atoms. The molecule has 0 unspecified atom stereocenters. The molecule has 0 saturated carbocycles. The third-order valence-corrected chi connectivity index (χ3v) is 2.11. The van der Waals surface area contributed by atoms with Crippen LogP contribution in [-0.2, 0) is 6.54 Å². The fourth-order valence-electron chi connectivity index (χ4n) is 1.29. The Morgan fingerprint density at radius 1 is 1.38 bits per heavy atom. The highest BCUT2D eigenvalue weighted by molar-refractivity contribution is 5.33. The van der Waals surface area contributed by atoms with E-state index in [1.54, 1.807) is 4.68 Å². The number of hydrogen-bond donors (Lipinski definition) is 2. The Morgan fingerprint density at radius 2 is 2.00 bits per heavy atom. The first kappa shape index (κ1) is 12.8. The van der Waals surface area contributed by atoms with Gasteiger partial charge in [-0.1, -0.05) is 13.8 Å². The maximum Gasteiger partial charge on any atom is 0.244 e. The van der Waals surface area contributed by atoms with Gasteiger partial charge in [0.2, 0.25) is 11.9 Å². The molecule has 0 radical (unpaired) electrons. The van der Waals surface area contributed by atoms with Crippen molar-refractivity contribution < 1.29 is 0 Å². The Bertz CT molecular complexity index is 335. The van der Waals surface area contributed by atoms with Crippen molar-refractivity contribution in [2.75, 3.05) is 11.1 Å². The number of nitrogens with zero attached hydrogens (tertiary/aromatic N) is 3. The fourth-order valence-corrected chi connectivity index (χ4v) is 1.29. The van der Waals surface area contributed by atoms with Gasteiger partial charge >= 0.3 is 0 Å². The van der Waals surface area contributed by atoms with E-state index in [-0.39, 0.29) is 5.54 Å². The van der Waals surface area contributed by atoms with Crippen LogP contribution in [0, 0.1) is 5.92 Å². The monoisotopic (exact) mass is 225 g/mol. The zero-order chi connectivity index (χ0) is 12.3. The molecule has 16 heavy (non-hydrogen) atoms. The number of nitrogens with two attached hydrogens (primary N) is 1. The fraction of sp³-hybridized carbons (Fsp3) is 0.818. The molecule has 92 valence electrons. The molecule has 5 heteroatoms. The quantitative estimate of drug-likeness (QED) is 0.823. The molecule has 5 nitrogen and oxygen atoms in total. The molecule has 1 aromatic heterocycles. The van der Waals surface area contributed by atoms with E-state index in [1.165, 1.54) is 0 Å². The standard InChI is InChI=1S/C11H23N5/c1-8(2)6-7-16-9(12)13-10(15-16)14-11(3,4)5/h8H,6-7H2,1-5H3,(H3,12,13,14,15). The first-order valence-corrected chi connectivity index (χ1v) is 5.76. The third kappa shape index (κ3) is 4.08. The summed E-state index contributed by atoms with van der Waals surface area (Å²) in [5, 5.41) is 7.54. The molecule has 0 amide bonds. The van der Waals surface area contributed by atoms with Gasteiger partial charge in [-0.15, -0.1) is 5.10 Å². The minimum Gasteiger partial charge on any atom is -0.368 e. The van der Waals surface area contributed by atoms with E-state index in [1.807, 2.05) is 0 Å². The highest BCUT2D eigenvalue weighted by atomic mass is 15.4. The predicted octanol–water partition coefficient (Wildman–Crippen LogP) is 2.12. The van der Waals surface area contributed by atoms with Gasteiger partial charge in [-0.3, -0.25) is 0 Å². The van der Waals surface area contributed by atoms with Gasteiger partial charge in [0.1, 0.15) is 0 Å². The molecule has 0 saturated heterocycles. The average Bonchev–Trinajstić information content (AvgIpc) is 2.39. The van der Waals surface area contributed by atoms with Crippen LogP contribution in [0.5, 0.6) is 0 Å². The maximum atomic E-state index is 5.80. The number of nitrogen functional groups attached to an aromatic ring is 1. The van der Waals surface area contributed by atoms with Gasteiger partial charge in [-0.05, 0) is 33.1 Å². The van der Waals surface area contributed by atoms with Crippen molar-refractivity contribution in [2.45, 2.75) is 53.1 Å². The second-order valence-electron chi connectivity index (χ2n) is 5.57. The van der Waals surface area contributed by atoms with Gasteiger partial charge < -0.3 is 11.1 Å². The Morgan fingerprint density at radius 3 is 2.50 bits per heavy atom. The van der Waals surface area contributed by atoms with Gasteiger partial charge in [0, 0.05) is 12.1 Å². The molecular formula is C11H23N5. The first-order chi connectivity index (χ1) is 7.28.